The minimum absolute atomic E-state index is 0.0223. The van der Waals surface area contributed by atoms with Gasteiger partial charge < -0.3 is 15.4 Å². The van der Waals surface area contributed by atoms with E-state index in [1.165, 1.54) is 5.57 Å². The average Bonchev–Trinajstić information content (AvgIpc) is 3.44. The number of halogens is 1. The standard InChI is InChI=1S/C29H37FN4O3/c1-28(2,3)37-27(36)34-23-7-6-20(13-23)25(34)26(35)33-22(17-31)12-19-5-4-18(14-24(19)30)21-15-29(16-21)8-10-32-11-9-29/h4-5,14-15,20,22-23,25,32H,6-13,16H2,1-3H3,(H,33,35)/t20-,22-,23+,25-/m0/s1. The van der Waals surface area contributed by atoms with E-state index >= 15 is 4.39 Å². The monoisotopic (exact) mass is 508 g/mol. The van der Waals surface area contributed by atoms with Gasteiger partial charge in [-0.25, -0.2) is 9.18 Å². The van der Waals surface area contributed by atoms with Gasteiger partial charge in [-0.2, -0.15) is 5.26 Å². The van der Waals surface area contributed by atoms with Crippen LogP contribution in [0.3, 0.4) is 0 Å². The van der Waals surface area contributed by atoms with Crippen molar-refractivity contribution in [3.8, 4) is 6.07 Å². The molecule has 3 fully saturated rings. The average molecular weight is 509 g/mol. The van der Waals surface area contributed by atoms with Gasteiger partial charge in [-0.3, -0.25) is 9.69 Å². The van der Waals surface area contributed by atoms with Gasteiger partial charge in [-0.05, 0) is 106 Å². The van der Waals surface area contributed by atoms with Gasteiger partial charge in [-0.1, -0.05) is 18.2 Å². The van der Waals surface area contributed by atoms with Crippen molar-refractivity contribution in [2.45, 2.75) is 89.4 Å². The number of rotatable bonds is 5. The summed E-state index contributed by atoms with van der Waals surface area (Å²) in [5.74, 6) is -0.685. The molecule has 1 aromatic rings. The molecule has 2 aliphatic carbocycles. The number of hydrogen-bond acceptors (Lipinski definition) is 5. The molecule has 0 aromatic heterocycles. The van der Waals surface area contributed by atoms with Crippen molar-refractivity contribution in [1.82, 2.24) is 15.5 Å². The predicted molar refractivity (Wildman–Crippen MR) is 138 cm³/mol. The smallest absolute Gasteiger partial charge is 0.411 e. The number of nitrogens with one attached hydrogen (secondary N) is 2. The second-order valence-electron chi connectivity index (χ2n) is 12.2. The molecular formula is C29H37FN4O3. The zero-order valence-corrected chi connectivity index (χ0v) is 22.0. The third-order valence-electron chi connectivity index (χ3n) is 8.40. The maximum absolute atomic E-state index is 15.1. The Morgan fingerprint density at radius 2 is 2.03 bits per heavy atom. The molecule has 2 amide bonds. The predicted octanol–water partition coefficient (Wildman–Crippen LogP) is 4.32. The molecule has 198 valence electrons. The van der Waals surface area contributed by atoms with Gasteiger partial charge in [-0.15, -0.1) is 0 Å². The Bertz CT molecular complexity index is 1140. The van der Waals surface area contributed by atoms with Crippen LogP contribution >= 0.6 is 0 Å². The summed E-state index contributed by atoms with van der Waals surface area (Å²) >= 11 is 0. The molecule has 8 heteroatoms. The summed E-state index contributed by atoms with van der Waals surface area (Å²) in [6, 6.07) is 5.71. The van der Waals surface area contributed by atoms with E-state index in [2.05, 4.69) is 22.8 Å². The first-order chi connectivity index (χ1) is 17.6. The fourth-order valence-corrected chi connectivity index (χ4v) is 6.57. The Morgan fingerprint density at radius 3 is 2.68 bits per heavy atom. The highest BCUT2D eigenvalue weighted by atomic mass is 19.1. The van der Waals surface area contributed by atoms with Gasteiger partial charge >= 0.3 is 6.09 Å². The van der Waals surface area contributed by atoms with Gasteiger partial charge in [0.05, 0.1) is 6.07 Å². The molecule has 2 heterocycles. The van der Waals surface area contributed by atoms with Crippen LogP contribution in [-0.4, -0.2) is 53.7 Å². The maximum Gasteiger partial charge on any atom is 0.411 e. The Balaban J connectivity index is 1.24. The van der Waals surface area contributed by atoms with E-state index < -0.39 is 23.8 Å². The second kappa shape index (κ2) is 9.75. The summed E-state index contributed by atoms with van der Waals surface area (Å²) in [5.41, 5.74) is 2.06. The summed E-state index contributed by atoms with van der Waals surface area (Å²) in [4.78, 5) is 27.7. The lowest BCUT2D eigenvalue weighted by Crippen LogP contribution is -2.55. The molecule has 0 radical (unpaired) electrons. The van der Waals surface area contributed by atoms with Crippen LogP contribution in [0.1, 0.15) is 70.4 Å². The lowest BCUT2D eigenvalue weighted by molar-refractivity contribution is -0.128. The Labute approximate surface area is 218 Å². The van der Waals surface area contributed by atoms with E-state index in [1.54, 1.807) is 37.8 Å². The van der Waals surface area contributed by atoms with Crippen LogP contribution in [0.15, 0.2) is 24.3 Å². The highest BCUT2D eigenvalue weighted by molar-refractivity contribution is 5.87. The van der Waals surface area contributed by atoms with E-state index in [-0.39, 0.29) is 35.5 Å². The first-order valence-electron chi connectivity index (χ1n) is 13.5. The number of benzene rings is 1. The number of carbonyl (C=O) groups excluding carboxylic acids is 2. The number of hydrogen-bond donors (Lipinski definition) is 2. The quantitative estimate of drug-likeness (QED) is 0.618. The number of nitriles is 1. The molecule has 1 saturated carbocycles. The van der Waals surface area contributed by atoms with Crippen molar-refractivity contribution < 1.29 is 18.7 Å². The Morgan fingerprint density at radius 1 is 1.30 bits per heavy atom. The number of likely N-dealkylation sites (tertiary alicyclic amines) is 1. The van der Waals surface area contributed by atoms with Gasteiger partial charge in [0.1, 0.15) is 23.5 Å². The summed E-state index contributed by atoms with van der Waals surface area (Å²) in [6.07, 6.45) is 7.56. The number of nitrogens with zero attached hydrogens (tertiary/aromatic N) is 2. The number of amides is 2. The molecule has 4 aliphatic rings. The molecule has 2 bridgehead atoms. The minimum Gasteiger partial charge on any atom is -0.444 e. The highest BCUT2D eigenvalue weighted by Gasteiger charge is 2.52. The van der Waals surface area contributed by atoms with Crippen LogP contribution in [0.4, 0.5) is 9.18 Å². The molecule has 1 spiro atoms. The van der Waals surface area contributed by atoms with E-state index in [4.69, 9.17) is 4.74 Å². The van der Waals surface area contributed by atoms with Crippen LogP contribution in [0.2, 0.25) is 0 Å². The van der Waals surface area contributed by atoms with Gasteiger partial charge in [0.2, 0.25) is 5.91 Å². The second-order valence-corrected chi connectivity index (χ2v) is 12.2. The normalized spacial score (nSPS) is 26.7. The maximum atomic E-state index is 15.1. The number of fused-ring (bicyclic) bond motifs is 2. The van der Waals surface area contributed by atoms with E-state index in [9.17, 15) is 14.9 Å². The van der Waals surface area contributed by atoms with Crippen LogP contribution in [0.5, 0.6) is 0 Å². The summed E-state index contributed by atoms with van der Waals surface area (Å²) in [6.45, 7) is 7.44. The molecule has 7 nitrogen and oxygen atoms in total. The van der Waals surface area contributed by atoms with E-state index in [1.807, 2.05) is 6.07 Å². The largest absolute Gasteiger partial charge is 0.444 e. The molecule has 2 N–H and O–H groups in total. The first-order valence-corrected chi connectivity index (χ1v) is 13.5. The van der Waals surface area contributed by atoms with Crippen LogP contribution in [0.25, 0.3) is 5.57 Å². The topological polar surface area (TPSA) is 94.5 Å². The summed E-state index contributed by atoms with van der Waals surface area (Å²) < 4.78 is 20.6. The Hall–Kier alpha value is -2.92. The van der Waals surface area contributed by atoms with Crippen molar-refractivity contribution in [2.24, 2.45) is 11.3 Å². The lowest BCUT2D eigenvalue weighted by atomic mass is 9.64. The molecule has 2 saturated heterocycles. The SMILES string of the molecule is CC(C)(C)OC(=O)N1[C@@H]2CC[C@@H](C2)[C@H]1C(=O)N[C@H](C#N)Cc1ccc(C2=CC3(CCNCC3)C2)cc1F. The minimum atomic E-state index is -0.895. The molecule has 1 aromatic carbocycles. The van der Waals surface area contributed by atoms with Crippen molar-refractivity contribution in [2.75, 3.05) is 13.1 Å². The van der Waals surface area contributed by atoms with Gasteiger partial charge in [0, 0.05) is 12.5 Å². The number of carbonyl (C=O) groups is 2. The number of piperidine rings is 2. The summed E-state index contributed by atoms with van der Waals surface area (Å²) in [7, 11) is 0. The zero-order chi connectivity index (χ0) is 26.4. The molecule has 0 unspecified atom stereocenters. The van der Waals surface area contributed by atoms with Crippen LogP contribution in [0, 0.1) is 28.5 Å². The summed E-state index contributed by atoms with van der Waals surface area (Å²) in [5, 5.41) is 15.9. The van der Waals surface area contributed by atoms with Gasteiger partial charge in [0.25, 0.3) is 0 Å². The van der Waals surface area contributed by atoms with Crippen molar-refractivity contribution in [1.29, 1.82) is 5.26 Å². The third kappa shape index (κ3) is 5.24. The first kappa shape index (κ1) is 25.7. The van der Waals surface area contributed by atoms with Gasteiger partial charge in [0.15, 0.2) is 0 Å². The number of ether oxygens (including phenoxy) is 1. The van der Waals surface area contributed by atoms with Crippen LogP contribution in [-0.2, 0) is 16.0 Å². The third-order valence-corrected chi connectivity index (χ3v) is 8.40. The van der Waals surface area contributed by atoms with E-state index in [0.29, 0.717) is 5.56 Å². The van der Waals surface area contributed by atoms with Crippen molar-refractivity contribution >= 4 is 17.6 Å². The Kier molecular flexibility index (Phi) is 6.78. The highest BCUT2D eigenvalue weighted by Crippen LogP contribution is 2.50. The molecular weight excluding hydrogens is 471 g/mol. The molecule has 2 aliphatic heterocycles. The molecule has 5 rings (SSSR count). The molecule has 4 atom stereocenters. The fraction of sp³-hybridized carbons (Fsp3) is 0.621. The zero-order valence-electron chi connectivity index (χ0n) is 22.0. The fourth-order valence-electron chi connectivity index (χ4n) is 6.57. The van der Waals surface area contributed by atoms with Crippen molar-refractivity contribution in [3.63, 3.8) is 0 Å². The lowest BCUT2D eigenvalue weighted by Gasteiger charge is -2.43. The van der Waals surface area contributed by atoms with Crippen LogP contribution < -0.4 is 10.6 Å². The van der Waals surface area contributed by atoms with E-state index in [0.717, 1.165) is 57.2 Å². The number of allylic oxidation sites excluding steroid dienone is 2. The van der Waals surface area contributed by atoms with Crippen molar-refractivity contribution in [3.05, 3.63) is 41.2 Å². The molecule has 37 heavy (non-hydrogen) atoms.